The monoisotopic (exact) mass is 326 g/mol. The molecule has 0 aliphatic carbocycles. The Bertz CT molecular complexity index is 436. The summed E-state index contributed by atoms with van der Waals surface area (Å²) in [5, 5.41) is 0. The molecule has 0 bridgehead atoms. The Labute approximate surface area is 135 Å². The van der Waals surface area contributed by atoms with Crippen molar-refractivity contribution < 1.29 is 9.09 Å². The molecular weight excluding hydrogens is 299 g/mol. The minimum Gasteiger partial charge on any atom is -0.315 e. The number of hydrogen-bond donors (Lipinski definition) is 0. The van der Waals surface area contributed by atoms with Crippen LogP contribution in [0.2, 0.25) is 0 Å². The molecule has 0 spiro atoms. The first-order valence-electron chi connectivity index (χ1n) is 7.91. The summed E-state index contributed by atoms with van der Waals surface area (Å²) in [7, 11) is -1.28. The van der Waals surface area contributed by atoms with Crippen LogP contribution in [0.3, 0.4) is 0 Å². The molecule has 0 amide bonds. The van der Waals surface area contributed by atoms with Crippen molar-refractivity contribution in [3.8, 4) is 0 Å². The normalized spacial score (nSPS) is 14.4. The van der Waals surface area contributed by atoms with E-state index in [9.17, 15) is 4.57 Å². The van der Waals surface area contributed by atoms with Gasteiger partial charge in [0, 0.05) is 4.86 Å². The number of unbranched alkanes of at least 4 members (excludes halogenated alkanes) is 3. The van der Waals surface area contributed by atoms with E-state index >= 15 is 0 Å². The number of thiocarbonyl (C=S) groups is 1. The van der Waals surface area contributed by atoms with Gasteiger partial charge >= 0.3 is 0 Å². The number of benzene rings is 1. The van der Waals surface area contributed by atoms with Crippen LogP contribution in [0.4, 0.5) is 0 Å². The topological polar surface area (TPSA) is 26.3 Å². The molecule has 0 aliphatic heterocycles. The van der Waals surface area contributed by atoms with Crippen molar-refractivity contribution in [2.75, 3.05) is 0 Å². The van der Waals surface area contributed by atoms with Crippen LogP contribution in [0.5, 0.6) is 0 Å². The Morgan fingerprint density at radius 3 is 2.38 bits per heavy atom. The van der Waals surface area contributed by atoms with Gasteiger partial charge in [0.15, 0.2) is 8.69 Å². The van der Waals surface area contributed by atoms with Crippen LogP contribution in [-0.2, 0) is 14.7 Å². The van der Waals surface area contributed by atoms with E-state index < -0.39 is 14.3 Å². The molecule has 0 fully saturated rings. The van der Waals surface area contributed by atoms with Gasteiger partial charge in [0.25, 0.3) is 0 Å². The van der Waals surface area contributed by atoms with Gasteiger partial charge in [-0.05, 0) is 31.2 Å². The molecule has 0 aliphatic rings. The van der Waals surface area contributed by atoms with E-state index in [4.69, 9.17) is 16.7 Å². The van der Waals surface area contributed by atoms with E-state index in [0.717, 1.165) is 55.4 Å². The highest BCUT2D eigenvalue weighted by atomic mass is 32.1. The molecule has 2 nitrogen and oxygen atoms in total. The van der Waals surface area contributed by atoms with Crippen LogP contribution >= 0.6 is 20.9 Å². The van der Waals surface area contributed by atoms with Gasteiger partial charge in [-0.1, -0.05) is 75.7 Å². The quantitative estimate of drug-likeness (QED) is 0.296. The lowest BCUT2D eigenvalue weighted by atomic mass is 9.83. The van der Waals surface area contributed by atoms with Crippen LogP contribution in [0.25, 0.3) is 0 Å². The first-order chi connectivity index (χ1) is 10.2. The van der Waals surface area contributed by atoms with Crippen molar-refractivity contribution in [3.63, 3.8) is 0 Å². The second-order valence-electron chi connectivity index (χ2n) is 5.39. The molecule has 4 heteroatoms. The summed E-state index contributed by atoms with van der Waals surface area (Å²) in [6.45, 7) is 4.34. The van der Waals surface area contributed by atoms with E-state index in [-0.39, 0.29) is 0 Å². The van der Waals surface area contributed by atoms with Crippen molar-refractivity contribution >= 4 is 25.8 Å². The Balaban J connectivity index is 3.08. The first kappa shape index (κ1) is 18.5. The van der Waals surface area contributed by atoms with Crippen molar-refractivity contribution in [1.82, 2.24) is 0 Å². The molecule has 0 N–H and O–H groups in total. The van der Waals surface area contributed by atoms with Crippen molar-refractivity contribution in [1.29, 1.82) is 0 Å². The second-order valence-corrected chi connectivity index (χ2v) is 6.31. The fraction of sp³-hybridized carbons (Fsp3) is 0.588. The SMILES string of the molecule is CCCCCC(O[PH2]=O)(C(=S)CCCC)c1ccccc1. The third-order valence-electron chi connectivity index (χ3n) is 3.83. The zero-order chi connectivity index (χ0) is 15.6. The van der Waals surface area contributed by atoms with Crippen molar-refractivity contribution in [3.05, 3.63) is 35.9 Å². The molecule has 1 rings (SSSR count). The fourth-order valence-electron chi connectivity index (χ4n) is 2.59. The van der Waals surface area contributed by atoms with Crippen LogP contribution in [0.1, 0.15) is 64.4 Å². The largest absolute Gasteiger partial charge is 0.315 e. The second kappa shape index (κ2) is 10.3. The molecule has 118 valence electrons. The Morgan fingerprint density at radius 2 is 1.81 bits per heavy atom. The molecule has 1 aromatic rings. The van der Waals surface area contributed by atoms with E-state index in [2.05, 4.69) is 13.8 Å². The van der Waals surface area contributed by atoms with Gasteiger partial charge < -0.3 is 4.52 Å². The van der Waals surface area contributed by atoms with E-state index in [1.807, 2.05) is 30.3 Å². The molecular formula is C17H27O2PS. The fourth-order valence-corrected chi connectivity index (χ4v) is 3.65. The Morgan fingerprint density at radius 1 is 1.14 bits per heavy atom. The highest BCUT2D eigenvalue weighted by molar-refractivity contribution is 7.80. The molecule has 21 heavy (non-hydrogen) atoms. The maximum absolute atomic E-state index is 11.3. The van der Waals surface area contributed by atoms with Crippen LogP contribution in [0.15, 0.2) is 30.3 Å². The molecule has 0 radical (unpaired) electrons. The number of rotatable bonds is 11. The zero-order valence-electron chi connectivity index (χ0n) is 13.1. The summed E-state index contributed by atoms with van der Waals surface area (Å²) in [4.78, 5) is 0.898. The first-order valence-corrected chi connectivity index (χ1v) is 9.26. The molecule has 0 heterocycles. The predicted molar refractivity (Wildman–Crippen MR) is 95.9 cm³/mol. The average Bonchev–Trinajstić information content (AvgIpc) is 2.52. The summed E-state index contributed by atoms with van der Waals surface area (Å²) >= 11 is 5.70. The van der Waals surface area contributed by atoms with E-state index in [1.54, 1.807) is 0 Å². The number of hydrogen-bond acceptors (Lipinski definition) is 3. The van der Waals surface area contributed by atoms with E-state index in [0.29, 0.717) is 0 Å². The van der Waals surface area contributed by atoms with Gasteiger partial charge in [0.1, 0.15) is 5.60 Å². The van der Waals surface area contributed by atoms with Crippen molar-refractivity contribution in [2.24, 2.45) is 0 Å². The van der Waals surface area contributed by atoms with Crippen LogP contribution in [-0.4, -0.2) is 4.86 Å². The Kier molecular flexibility index (Phi) is 9.07. The smallest absolute Gasteiger partial charge is 0.181 e. The molecule has 0 aromatic heterocycles. The molecule has 0 saturated heterocycles. The third-order valence-corrected chi connectivity index (χ3v) is 4.86. The van der Waals surface area contributed by atoms with E-state index in [1.165, 1.54) is 0 Å². The minimum absolute atomic E-state index is 0.641. The summed E-state index contributed by atoms with van der Waals surface area (Å²) in [5.41, 5.74) is 0.406. The summed E-state index contributed by atoms with van der Waals surface area (Å²) < 4.78 is 17.1. The maximum Gasteiger partial charge on any atom is 0.181 e. The minimum atomic E-state index is -1.28. The van der Waals surface area contributed by atoms with Crippen LogP contribution < -0.4 is 0 Å². The molecule has 1 aromatic carbocycles. The predicted octanol–water partition coefficient (Wildman–Crippen LogP) is 5.71. The lowest BCUT2D eigenvalue weighted by Crippen LogP contribution is -2.35. The van der Waals surface area contributed by atoms with Gasteiger partial charge in [-0.25, -0.2) is 0 Å². The highest BCUT2D eigenvalue weighted by Crippen LogP contribution is 2.38. The van der Waals surface area contributed by atoms with Gasteiger partial charge in [0.05, 0.1) is 0 Å². The summed E-state index contributed by atoms with van der Waals surface area (Å²) in [5.74, 6) is 0. The van der Waals surface area contributed by atoms with Gasteiger partial charge in [-0.3, -0.25) is 4.57 Å². The molecule has 0 saturated carbocycles. The molecule has 2 unspecified atom stereocenters. The Hall–Kier alpha value is -0.500. The lowest BCUT2D eigenvalue weighted by Gasteiger charge is -2.33. The summed E-state index contributed by atoms with van der Waals surface area (Å²) in [6, 6.07) is 10.1. The van der Waals surface area contributed by atoms with Gasteiger partial charge in [0.2, 0.25) is 0 Å². The third kappa shape index (κ3) is 5.32. The zero-order valence-corrected chi connectivity index (χ0v) is 15.1. The van der Waals surface area contributed by atoms with Gasteiger partial charge in [-0.15, -0.1) is 0 Å². The van der Waals surface area contributed by atoms with Gasteiger partial charge in [-0.2, -0.15) is 0 Å². The highest BCUT2D eigenvalue weighted by Gasteiger charge is 2.36. The lowest BCUT2D eigenvalue weighted by molar-refractivity contribution is 0.146. The molecule has 2 atom stereocenters. The standard InChI is InChI=1S/C17H27O2PS/c1-3-5-10-14-17(19-20-18,16(21)13-6-4-2)15-11-8-7-9-12-15/h7-9,11-12H,3-6,10,13-14,20H2,1-2H3. The maximum atomic E-state index is 11.3. The van der Waals surface area contributed by atoms with Crippen LogP contribution in [0, 0.1) is 0 Å². The summed E-state index contributed by atoms with van der Waals surface area (Å²) in [6.07, 6.45) is 7.16. The van der Waals surface area contributed by atoms with Crippen molar-refractivity contribution in [2.45, 2.75) is 64.4 Å². The average molecular weight is 326 g/mol.